The van der Waals surface area contributed by atoms with E-state index < -0.39 is 0 Å². The van der Waals surface area contributed by atoms with Crippen molar-refractivity contribution in [1.29, 1.82) is 0 Å². The Labute approximate surface area is 87.9 Å². The van der Waals surface area contributed by atoms with E-state index in [1.807, 2.05) is 0 Å². The van der Waals surface area contributed by atoms with Crippen LogP contribution in [0.4, 0.5) is 0 Å². The van der Waals surface area contributed by atoms with Gasteiger partial charge in [0, 0.05) is 16.6 Å². The van der Waals surface area contributed by atoms with Gasteiger partial charge in [-0.1, -0.05) is 22.5 Å². The minimum absolute atomic E-state index is 0.452. The smallest absolute Gasteiger partial charge is 0.0779 e. The van der Waals surface area contributed by atoms with Crippen LogP contribution in [0.3, 0.4) is 0 Å². The van der Waals surface area contributed by atoms with Crippen LogP contribution >= 0.6 is 15.9 Å². The second kappa shape index (κ2) is 4.11. The zero-order chi connectivity index (χ0) is 9.26. The van der Waals surface area contributed by atoms with Crippen LogP contribution in [0, 0.1) is 0 Å². The van der Waals surface area contributed by atoms with Crippen LogP contribution in [-0.4, -0.2) is 24.8 Å². The first-order chi connectivity index (χ1) is 6.24. The molecule has 2 heterocycles. The molecule has 2 nitrogen and oxygen atoms in total. The van der Waals surface area contributed by atoms with Crippen LogP contribution in [0.5, 0.6) is 0 Å². The van der Waals surface area contributed by atoms with Gasteiger partial charge in [0.15, 0.2) is 0 Å². The van der Waals surface area contributed by atoms with Gasteiger partial charge in [-0.15, -0.1) is 0 Å². The van der Waals surface area contributed by atoms with Crippen LogP contribution < -0.4 is 5.32 Å². The number of fused-ring (bicyclic) bond motifs is 2. The number of hydrogen-bond acceptors (Lipinski definition) is 2. The standard InChI is InChI=1S/C10H16BrNO/c1-7(11)6-13-10-4-8-2-3-9(5-10)12-8/h8-10,12H,1-6H2. The summed E-state index contributed by atoms with van der Waals surface area (Å²) < 4.78 is 6.68. The molecule has 2 aliphatic rings. The zero-order valence-electron chi connectivity index (χ0n) is 7.76. The third-order valence-corrected chi connectivity index (χ3v) is 3.13. The third-order valence-electron chi connectivity index (χ3n) is 2.91. The molecule has 0 aromatic rings. The molecule has 2 fully saturated rings. The maximum atomic E-state index is 5.74. The summed E-state index contributed by atoms with van der Waals surface area (Å²) in [6.45, 7) is 4.43. The Morgan fingerprint density at radius 2 is 2.00 bits per heavy atom. The summed E-state index contributed by atoms with van der Waals surface area (Å²) in [5.41, 5.74) is 0. The number of ether oxygens (including phenoxy) is 1. The molecule has 0 saturated carbocycles. The predicted molar refractivity (Wildman–Crippen MR) is 57.0 cm³/mol. The Hall–Kier alpha value is 0.140. The molecule has 74 valence electrons. The first-order valence-electron chi connectivity index (χ1n) is 4.95. The quantitative estimate of drug-likeness (QED) is 0.824. The molecule has 0 aliphatic carbocycles. The van der Waals surface area contributed by atoms with Gasteiger partial charge >= 0.3 is 0 Å². The summed E-state index contributed by atoms with van der Waals surface area (Å²) >= 11 is 3.31. The maximum Gasteiger partial charge on any atom is 0.0779 e. The van der Waals surface area contributed by atoms with Crippen molar-refractivity contribution in [1.82, 2.24) is 5.32 Å². The zero-order valence-corrected chi connectivity index (χ0v) is 9.35. The highest BCUT2D eigenvalue weighted by atomic mass is 79.9. The Morgan fingerprint density at radius 3 is 2.54 bits per heavy atom. The molecular formula is C10H16BrNO. The Balaban J connectivity index is 1.78. The molecule has 2 rings (SSSR count). The van der Waals surface area contributed by atoms with E-state index in [-0.39, 0.29) is 0 Å². The number of halogens is 1. The first kappa shape index (κ1) is 9.69. The van der Waals surface area contributed by atoms with Crippen LogP contribution in [0.15, 0.2) is 11.1 Å². The fourth-order valence-corrected chi connectivity index (χ4v) is 2.48. The number of nitrogens with one attached hydrogen (secondary N) is 1. The molecule has 0 aromatic heterocycles. The molecule has 13 heavy (non-hydrogen) atoms. The molecular weight excluding hydrogens is 230 g/mol. The van der Waals surface area contributed by atoms with Crippen molar-refractivity contribution < 1.29 is 4.74 Å². The summed E-state index contributed by atoms with van der Waals surface area (Å²) in [6.07, 6.45) is 5.47. The Bertz CT molecular complexity index is 195. The highest BCUT2D eigenvalue weighted by Gasteiger charge is 2.33. The lowest BCUT2D eigenvalue weighted by Crippen LogP contribution is -2.41. The summed E-state index contributed by atoms with van der Waals surface area (Å²) in [5, 5.41) is 3.59. The molecule has 0 amide bonds. The fraction of sp³-hybridized carbons (Fsp3) is 0.800. The van der Waals surface area contributed by atoms with Crippen molar-refractivity contribution in [3.05, 3.63) is 11.1 Å². The molecule has 1 N–H and O–H groups in total. The third kappa shape index (κ3) is 2.55. The van der Waals surface area contributed by atoms with Crippen molar-refractivity contribution in [3.63, 3.8) is 0 Å². The monoisotopic (exact) mass is 245 g/mol. The fourth-order valence-electron chi connectivity index (χ4n) is 2.35. The van der Waals surface area contributed by atoms with Crippen molar-refractivity contribution in [2.75, 3.05) is 6.61 Å². The van der Waals surface area contributed by atoms with E-state index in [1.165, 1.54) is 25.7 Å². The molecule has 2 aliphatic heterocycles. The van der Waals surface area contributed by atoms with Gasteiger partial charge in [-0.2, -0.15) is 0 Å². The molecule has 0 aromatic carbocycles. The van der Waals surface area contributed by atoms with E-state index in [0.29, 0.717) is 24.8 Å². The molecule has 2 bridgehead atoms. The minimum Gasteiger partial charge on any atom is -0.373 e. The Kier molecular flexibility index (Phi) is 3.06. The van der Waals surface area contributed by atoms with Gasteiger partial charge in [0.25, 0.3) is 0 Å². The first-order valence-corrected chi connectivity index (χ1v) is 5.74. The number of piperidine rings is 1. The van der Waals surface area contributed by atoms with Gasteiger partial charge in [0.05, 0.1) is 12.7 Å². The molecule has 0 spiro atoms. The van der Waals surface area contributed by atoms with Crippen molar-refractivity contribution in [2.24, 2.45) is 0 Å². The van der Waals surface area contributed by atoms with Gasteiger partial charge in [-0.05, 0) is 25.7 Å². The van der Waals surface area contributed by atoms with Crippen LogP contribution in [-0.2, 0) is 4.74 Å². The SMILES string of the molecule is C=C(Br)COC1CC2CCC(C1)N2. The van der Waals surface area contributed by atoms with E-state index in [9.17, 15) is 0 Å². The lowest BCUT2D eigenvalue weighted by molar-refractivity contribution is 0.0365. The molecule has 2 unspecified atom stereocenters. The maximum absolute atomic E-state index is 5.74. The van der Waals surface area contributed by atoms with Gasteiger partial charge in [0.2, 0.25) is 0 Å². The summed E-state index contributed by atoms with van der Waals surface area (Å²) in [5.74, 6) is 0. The lowest BCUT2D eigenvalue weighted by atomic mass is 10.0. The summed E-state index contributed by atoms with van der Waals surface area (Å²) in [7, 11) is 0. The molecule has 3 heteroatoms. The van der Waals surface area contributed by atoms with E-state index in [4.69, 9.17) is 4.74 Å². The predicted octanol–water partition coefficient (Wildman–Crippen LogP) is 2.19. The van der Waals surface area contributed by atoms with Gasteiger partial charge in [0.1, 0.15) is 0 Å². The van der Waals surface area contributed by atoms with Crippen molar-refractivity contribution in [3.8, 4) is 0 Å². The van der Waals surface area contributed by atoms with E-state index in [2.05, 4.69) is 27.8 Å². The van der Waals surface area contributed by atoms with Gasteiger partial charge < -0.3 is 10.1 Å². The molecule has 2 saturated heterocycles. The Morgan fingerprint density at radius 1 is 1.38 bits per heavy atom. The summed E-state index contributed by atoms with van der Waals surface area (Å²) in [4.78, 5) is 0. The minimum atomic E-state index is 0.452. The number of rotatable bonds is 3. The normalized spacial score (nSPS) is 37.8. The topological polar surface area (TPSA) is 21.3 Å². The van der Waals surface area contributed by atoms with E-state index in [1.54, 1.807) is 0 Å². The number of hydrogen-bond donors (Lipinski definition) is 1. The highest BCUT2D eigenvalue weighted by molar-refractivity contribution is 9.11. The van der Waals surface area contributed by atoms with Gasteiger partial charge in [-0.3, -0.25) is 0 Å². The molecule has 0 radical (unpaired) electrons. The average Bonchev–Trinajstić information content (AvgIpc) is 2.42. The highest BCUT2D eigenvalue weighted by Crippen LogP contribution is 2.28. The van der Waals surface area contributed by atoms with E-state index in [0.717, 1.165) is 4.48 Å². The van der Waals surface area contributed by atoms with Crippen molar-refractivity contribution in [2.45, 2.75) is 43.9 Å². The van der Waals surface area contributed by atoms with E-state index >= 15 is 0 Å². The second-order valence-corrected chi connectivity index (χ2v) is 5.18. The second-order valence-electron chi connectivity index (χ2n) is 4.06. The molecule has 2 atom stereocenters. The van der Waals surface area contributed by atoms with Crippen LogP contribution in [0.25, 0.3) is 0 Å². The van der Waals surface area contributed by atoms with Crippen LogP contribution in [0.1, 0.15) is 25.7 Å². The summed E-state index contributed by atoms with van der Waals surface area (Å²) in [6, 6.07) is 1.43. The average molecular weight is 246 g/mol. The largest absolute Gasteiger partial charge is 0.373 e. The van der Waals surface area contributed by atoms with Crippen LogP contribution in [0.2, 0.25) is 0 Å². The van der Waals surface area contributed by atoms with Crippen molar-refractivity contribution >= 4 is 15.9 Å². The van der Waals surface area contributed by atoms with Gasteiger partial charge in [-0.25, -0.2) is 0 Å². The lowest BCUT2D eigenvalue weighted by Gasteiger charge is -2.28.